The average Bonchev–Trinajstić information content (AvgIpc) is 2.39. The maximum atomic E-state index is 13.6. The monoisotopic (exact) mass is 363 g/mol. The van der Waals surface area contributed by atoms with Crippen molar-refractivity contribution in [1.29, 1.82) is 0 Å². The largest absolute Gasteiger partial charge is 0.491 e. The highest BCUT2D eigenvalue weighted by molar-refractivity contribution is 5.69. The van der Waals surface area contributed by atoms with E-state index in [1.165, 1.54) is 0 Å². The summed E-state index contributed by atoms with van der Waals surface area (Å²) in [5, 5.41) is 0. The Morgan fingerprint density at radius 1 is 1.24 bits per heavy atom. The highest BCUT2D eigenvalue weighted by atomic mass is 19.4. The van der Waals surface area contributed by atoms with Gasteiger partial charge in [-0.1, -0.05) is 0 Å². The van der Waals surface area contributed by atoms with Crippen LogP contribution in [0.25, 0.3) is 0 Å². The van der Waals surface area contributed by atoms with Gasteiger partial charge in [-0.15, -0.1) is 0 Å². The molecule has 1 heterocycles. The third kappa shape index (κ3) is 5.51. The molecule has 0 radical (unpaired) electrons. The predicted octanol–water partition coefficient (Wildman–Crippen LogP) is 4.48. The molecule has 0 aromatic heterocycles. The van der Waals surface area contributed by atoms with Gasteiger partial charge in [0.05, 0.1) is 12.2 Å². The number of halogens is 4. The Morgan fingerprint density at radius 2 is 1.88 bits per heavy atom. The first-order chi connectivity index (χ1) is 11.5. The Hall–Kier alpha value is -1.99. The number of alkyl halides is 3. The molecule has 0 bridgehead atoms. The van der Waals surface area contributed by atoms with Crippen LogP contribution in [-0.4, -0.2) is 36.3 Å². The van der Waals surface area contributed by atoms with E-state index in [1.807, 2.05) is 0 Å². The molecule has 140 valence electrons. The van der Waals surface area contributed by atoms with Crippen LogP contribution in [0.15, 0.2) is 18.2 Å². The molecule has 4 nitrogen and oxygen atoms in total. The second-order valence-corrected chi connectivity index (χ2v) is 7.03. The Balaban J connectivity index is 1.73. The zero-order chi connectivity index (χ0) is 18.8. The van der Waals surface area contributed by atoms with E-state index in [0.29, 0.717) is 25.6 Å². The van der Waals surface area contributed by atoms with Gasteiger partial charge in [0.1, 0.15) is 5.60 Å². The highest BCUT2D eigenvalue weighted by Crippen LogP contribution is 2.32. The standard InChI is InChI=1S/C17H21F4NO3/c1-16(2,3)25-15(23)22-9-11(10-22)6-7-24-14-5-4-12(8-13(14)18)17(19,20)21/h4-5,8,11H,6-7,9-10H2,1-3H3. The third-order valence-corrected chi connectivity index (χ3v) is 3.65. The van der Waals surface area contributed by atoms with Crippen LogP contribution in [0, 0.1) is 11.7 Å². The summed E-state index contributed by atoms with van der Waals surface area (Å²) in [6.45, 7) is 6.56. The molecule has 0 N–H and O–H groups in total. The fraction of sp³-hybridized carbons (Fsp3) is 0.588. The summed E-state index contributed by atoms with van der Waals surface area (Å²) >= 11 is 0. The molecule has 0 aliphatic carbocycles. The molecule has 0 saturated carbocycles. The zero-order valence-electron chi connectivity index (χ0n) is 14.3. The van der Waals surface area contributed by atoms with Crippen molar-refractivity contribution in [2.75, 3.05) is 19.7 Å². The Bertz CT molecular complexity index is 619. The number of amides is 1. The van der Waals surface area contributed by atoms with Gasteiger partial charge >= 0.3 is 12.3 Å². The summed E-state index contributed by atoms with van der Waals surface area (Å²) in [5.41, 5.74) is -1.60. The molecule has 2 rings (SSSR count). The van der Waals surface area contributed by atoms with Crippen molar-refractivity contribution in [2.45, 2.75) is 39.0 Å². The molecule has 25 heavy (non-hydrogen) atoms. The van der Waals surface area contributed by atoms with E-state index >= 15 is 0 Å². The minimum absolute atomic E-state index is 0.162. The molecule has 1 aromatic carbocycles. The van der Waals surface area contributed by atoms with Gasteiger partial charge < -0.3 is 14.4 Å². The molecule has 8 heteroatoms. The van der Waals surface area contributed by atoms with Crippen LogP contribution in [-0.2, 0) is 10.9 Å². The smallest absolute Gasteiger partial charge is 0.416 e. The molecule has 0 spiro atoms. The van der Waals surface area contributed by atoms with Crippen molar-refractivity contribution in [3.63, 3.8) is 0 Å². The van der Waals surface area contributed by atoms with E-state index < -0.39 is 23.2 Å². The summed E-state index contributed by atoms with van der Waals surface area (Å²) in [4.78, 5) is 13.3. The normalized spacial score (nSPS) is 15.7. The molecular weight excluding hydrogens is 342 g/mol. The van der Waals surface area contributed by atoms with Gasteiger partial charge in [0, 0.05) is 13.1 Å². The number of benzene rings is 1. The topological polar surface area (TPSA) is 38.8 Å². The maximum absolute atomic E-state index is 13.6. The Kier molecular flexibility index (Phi) is 5.49. The maximum Gasteiger partial charge on any atom is 0.416 e. The first-order valence-electron chi connectivity index (χ1n) is 7.93. The molecule has 1 aromatic rings. The first kappa shape index (κ1) is 19.3. The van der Waals surface area contributed by atoms with E-state index in [4.69, 9.17) is 9.47 Å². The Labute approximate surface area is 143 Å². The summed E-state index contributed by atoms with van der Waals surface area (Å²) in [6.07, 6.45) is -4.39. The van der Waals surface area contributed by atoms with Gasteiger partial charge in [0.25, 0.3) is 0 Å². The van der Waals surface area contributed by atoms with Crippen molar-refractivity contribution in [2.24, 2.45) is 5.92 Å². The second-order valence-electron chi connectivity index (χ2n) is 7.03. The fourth-order valence-corrected chi connectivity index (χ4v) is 2.36. The molecule has 0 unspecified atom stereocenters. The average molecular weight is 363 g/mol. The van der Waals surface area contributed by atoms with Gasteiger partial charge in [-0.3, -0.25) is 0 Å². The summed E-state index contributed by atoms with van der Waals surface area (Å²) in [7, 11) is 0. The van der Waals surface area contributed by atoms with E-state index in [9.17, 15) is 22.4 Å². The number of nitrogens with zero attached hydrogens (tertiary/aromatic N) is 1. The third-order valence-electron chi connectivity index (χ3n) is 3.65. The molecular formula is C17H21F4NO3. The lowest BCUT2D eigenvalue weighted by Gasteiger charge is -2.39. The second kappa shape index (κ2) is 7.09. The number of carbonyl (C=O) groups excluding carboxylic acids is 1. The van der Waals surface area contributed by atoms with Gasteiger partial charge in [0.2, 0.25) is 0 Å². The SMILES string of the molecule is CC(C)(C)OC(=O)N1CC(CCOc2ccc(C(F)(F)F)cc2F)C1. The highest BCUT2D eigenvalue weighted by Gasteiger charge is 2.34. The van der Waals surface area contributed by atoms with Crippen molar-refractivity contribution < 1.29 is 31.8 Å². The number of likely N-dealkylation sites (tertiary alicyclic amines) is 1. The lowest BCUT2D eigenvalue weighted by atomic mass is 9.97. The summed E-state index contributed by atoms with van der Waals surface area (Å²) in [6, 6.07) is 2.18. The van der Waals surface area contributed by atoms with Crippen molar-refractivity contribution in [3.8, 4) is 5.75 Å². The van der Waals surface area contributed by atoms with Crippen molar-refractivity contribution in [1.82, 2.24) is 4.90 Å². The number of hydrogen-bond donors (Lipinski definition) is 0. The minimum Gasteiger partial charge on any atom is -0.491 e. The minimum atomic E-state index is -4.59. The van der Waals surface area contributed by atoms with Gasteiger partial charge in [-0.05, 0) is 51.3 Å². The summed E-state index contributed by atoms with van der Waals surface area (Å²) in [5.74, 6) is -1.06. The molecule has 1 aliphatic heterocycles. The lowest BCUT2D eigenvalue weighted by molar-refractivity contribution is -0.137. The van der Waals surface area contributed by atoms with Gasteiger partial charge in [-0.25, -0.2) is 9.18 Å². The van der Waals surface area contributed by atoms with Crippen molar-refractivity contribution in [3.05, 3.63) is 29.6 Å². The lowest BCUT2D eigenvalue weighted by Crippen LogP contribution is -2.51. The van der Waals surface area contributed by atoms with Crippen LogP contribution < -0.4 is 4.74 Å². The molecule has 0 atom stereocenters. The van der Waals surface area contributed by atoms with E-state index in [2.05, 4.69) is 0 Å². The van der Waals surface area contributed by atoms with Crippen LogP contribution in [0.3, 0.4) is 0 Å². The van der Waals surface area contributed by atoms with Crippen LogP contribution in [0.4, 0.5) is 22.4 Å². The van der Waals surface area contributed by atoms with Crippen LogP contribution in [0.1, 0.15) is 32.8 Å². The summed E-state index contributed by atoms with van der Waals surface area (Å²) < 4.78 is 61.5. The first-order valence-corrected chi connectivity index (χ1v) is 7.93. The zero-order valence-corrected chi connectivity index (χ0v) is 14.3. The quantitative estimate of drug-likeness (QED) is 0.741. The number of carbonyl (C=O) groups is 1. The molecule has 1 aliphatic rings. The number of ether oxygens (including phenoxy) is 2. The van der Waals surface area contributed by atoms with Crippen LogP contribution in [0.5, 0.6) is 5.75 Å². The fourth-order valence-electron chi connectivity index (χ4n) is 2.36. The van der Waals surface area contributed by atoms with E-state index in [-0.39, 0.29) is 24.4 Å². The van der Waals surface area contributed by atoms with Crippen molar-refractivity contribution >= 4 is 6.09 Å². The molecule has 1 fully saturated rings. The molecule has 1 saturated heterocycles. The number of rotatable bonds is 4. The van der Waals surface area contributed by atoms with Gasteiger partial charge in [0.15, 0.2) is 11.6 Å². The van der Waals surface area contributed by atoms with E-state index in [1.54, 1.807) is 25.7 Å². The number of hydrogen-bond acceptors (Lipinski definition) is 3. The molecule has 1 amide bonds. The van der Waals surface area contributed by atoms with Crippen LogP contribution >= 0.6 is 0 Å². The Morgan fingerprint density at radius 3 is 2.40 bits per heavy atom. The predicted molar refractivity (Wildman–Crippen MR) is 82.8 cm³/mol. The van der Waals surface area contributed by atoms with Gasteiger partial charge in [-0.2, -0.15) is 13.2 Å². The van der Waals surface area contributed by atoms with E-state index in [0.717, 1.165) is 12.1 Å². The van der Waals surface area contributed by atoms with Crippen LogP contribution in [0.2, 0.25) is 0 Å².